The van der Waals surface area contributed by atoms with Gasteiger partial charge in [-0.3, -0.25) is 0 Å². The number of methoxy groups -OCH3 is 4. The molecule has 264 valence electrons. The summed E-state index contributed by atoms with van der Waals surface area (Å²) in [5.74, 6) is 3.61. The van der Waals surface area contributed by atoms with Gasteiger partial charge in [-0.1, -0.05) is 64.1 Å². The molecule has 0 saturated heterocycles. The predicted molar refractivity (Wildman–Crippen MR) is 206 cm³/mol. The average molecular weight is 692 g/mol. The van der Waals surface area contributed by atoms with Crippen molar-refractivity contribution in [1.29, 1.82) is 5.26 Å². The van der Waals surface area contributed by atoms with Gasteiger partial charge in [0, 0.05) is 27.5 Å². The fourth-order valence-electron chi connectivity index (χ4n) is 10.2. The maximum atomic E-state index is 10.2. The summed E-state index contributed by atoms with van der Waals surface area (Å²) in [5.41, 5.74) is 7.25. The molecule has 0 amide bonds. The first-order chi connectivity index (χ1) is 24.9. The van der Waals surface area contributed by atoms with Crippen LogP contribution in [0.5, 0.6) is 28.7 Å². The second-order valence-corrected chi connectivity index (χ2v) is 16.2. The van der Waals surface area contributed by atoms with Crippen molar-refractivity contribution in [2.75, 3.05) is 28.4 Å². The molecule has 3 aliphatic rings. The van der Waals surface area contributed by atoms with E-state index in [9.17, 15) is 5.26 Å². The van der Waals surface area contributed by atoms with E-state index in [0.29, 0.717) is 17.1 Å². The molecule has 0 atom stereocenters. The molecule has 0 unspecified atom stereocenters. The van der Waals surface area contributed by atoms with E-state index in [1.54, 1.807) is 28.4 Å². The lowest BCUT2D eigenvalue weighted by Gasteiger charge is -2.52. The molecule has 1 spiro atoms. The Bertz CT molecular complexity index is 2240. The first-order valence-electron chi connectivity index (χ1n) is 17.9. The summed E-state index contributed by atoms with van der Waals surface area (Å²) < 4.78 is 30.6. The van der Waals surface area contributed by atoms with E-state index in [4.69, 9.17) is 23.7 Å². The first-order valence-corrected chi connectivity index (χ1v) is 17.9. The number of hydrogen-bond donors (Lipinski definition) is 0. The van der Waals surface area contributed by atoms with E-state index in [1.165, 1.54) is 16.7 Å². The van der Waals surface area contributed by atoms with Crippen LogP contribution in [0.2, 0.25) is 0 Å². The minimum Gasteiger partial charge on any atom is -0.497 e. The Balaban J connectivity index is 1.50. The van der Waals surface area contributed by atoms with Crippen molar-refractivity contribution in [3.8, 4) is 45.9 Å². The topological polar surface area (TPSA) is 69.9 Å². The molecule has 5 aromatic carbocycles. The zero-order valence-electron chi connectivity index (χ0n) is 31.3. The van der Waals surface area contributed by atoms with Gasteiger partial charge < -0.3 is 23.7 Å². The van der Waals surface area contributed by atoms with E-state index in [1.807, 2.05) is 30.3 Å². The van der Waals surface area contributed by atoms with Crippen LogP contribution in [0.15, 0.2) is 84.9 Å². The van der Waals surface area contributed by atoms with Crippen LogP contribution in [0.1, 0.15) is 80.3 Å². The van der Waals surface area contributed by atoms with Crippen molar-refractivity contribution in [3.63, 3.8) is 0 Å². The summed E-state index contributed by atoms with van der Waals surface area (Å²) in [7, 11) is 6.71. The normalized spacial score (nSPS) is 18.1. The van der Waals surface area contributed by atoms with Crippen molar-refractivity contribution in [3.05, 3.63) is 118 Å². The van der Waals surface area contributed by atoms with Crippen LogP contribution in [0.4, 0.5) is 0 Å². The Morgan fingerprint density at radius 2 is 1.21 bits per heavy atom. The first kappa shape index (κ1) is 33.7. The van der Waals surface area contributed by atoms with Crippen LogP contribution in [-0.4, -0.2) is 28.4 Å². The number of benzene rings is 5. The summed E-state index contributed by atoms with van der Waals surface area (Å²) in [4.78, 5) is 0. The quantitative estimate of drug-likeness (QED) is 0.177. The molecule has 5 aromatic rings. The lowest BCUT2D eigenvalue weighted by atomic mass is 9.52. The summed E-state index contributed by atoms with van der Waals surface area (Å²) in [6.45, 7) is 9.59. The van der Waals surface area contributed by atoms with Crippen LogP contribution in [-0.2, 0) is 11.0 Å². The van der Waals surface area contributed by atoms with Gasteiger partial charge in [0.2, 0.25) is 0 Å². The van der Waals surface area contributed by atoms with E-state index in [2.05, 4.69) is 94.4 Å². The number of ether oxygens (including phenoxy) is 5. The number of fused-ring (bicyclic) bond motifs is 10. The summed E-state index contributed by atoms with van der Waals surface area (Å²) >= 11 is 0. The zero-order chi connectivity index (χ0) is 36.6. The van der Waals surface area contributed by atoms with Crippen molar-refractivity contribution < 1.29 is 23.7 Å². The monoisotopic (exact) mass is 691 g/mol. The number of nitrogens with zero attached hydrogens (tertiary/aromatic N) is 1. The molecule has 8 rings (SSSR count). The van der Waals surface area contributed by atoms with E-state index in [0.717, 1.165) is 69.5 Å². The highest BCUT2D eigenvalue weighted by Crippen LogP contribution is 2.67. The molecule has 0 aromatic heterocycles. The lowest BCUT2D eigenvalue weighted by Crippen LogP contribution is -2.44. The highest BCUT2D eigenvalue weighted by atomic mass is 16.5. The Morgan fingerprint density at radius 1 is 0.654 bits per heavy atom. The van der Waals surface area contributed by atoms with E-state index in [-0.39, 0.29) is 16.2 Å². The molecule has 1 saturated carbocycles. The van der Waals surface area contributed by atoms with Gasteiger partial charge in [-0.05, 0) is 112 Å². The lowest BCUT2D eigenvalue weighted by molar-refractivity contribution is 0.0641. The van der Waals surface area contributed by atoms with Gasteiger partial charge in [-0.25, -0.2) is 0 Å². The maximum Gasteiger partial charge on any atom is 0.178 e. The van der Waals surface area contributed by atoms with Crippen molar-refractivity contribution in [2.24, 2.45) is 10.8 Å². The molecular formula is C46H45NO5. The van der Waals surface area contributed by atoms with Gasteiger partial charge in [0.05, 0.1) is 40.1 Å². The molecule has 0 N–H and O–H groups in total. The van der Waals surface area contributed by atoms with Crippen molar-refractivity contribution in [1.82, 2.24) is 0 Å². The van der Waals surface area contributed by atoms with Crippen LogP contribution >= 0.6 is 0 Å². The zero-order valence-corrected chi connectivity index (χ0v) is 31.3. The Morgan fingerprint density at radius 3 is 1.73 bits per heavy atom. The van der Waals surface area contributed by atoms with Gasteiger partial charge in [0.25, 0.3) is 0 Å². The molecule has 0 bridgehead atoms. The van der Waals surface area contributed by atoms with E-state index < -0.39 is 5.60 Å². The predicted octanol–water partition coefficient (Wildman–Crippen LogP) is 10.6. The van der Waals surface area contributed by atoms with Crippen LogP contribution in [0.3, 0.4) is 0 Å². The smallest absolute Gasteiger partial charge is 0.178 e. The molecule has 6 nitrogen and oxygen atoms in total. The van der Waals surface area contributed by atoms with Gasteiger partial charge >= 0.3 is 0 Å². The third kappa shape index (κ3) is 4.97. The second kappa shape index (κ2) is 11.8. The van der Waals surface area contributed by atoms with Crippen LogP contribution in [0.25, 0.3) is 28.0 Å². The maximum absolute atomic E-state index is 10.2. The highest BCUT2D eigenvalue weighted by Gasteiger charge is 2.55. The Labute approximate surface area is 306 Å². The molecule has 1 heterocycles. The fraction of sp³-hybridized carbons (Fsp3) is 0.326. The summed E-state index contributed by atoms with van der Waals surface area (Å²) in [6.07, 6.45) is 7.49. The van der Waals surface area contributed by atoms with Crippen LogP contribution in [0, 0.1) is 22.2 Å². The third-order valence-corrected chi connectivity index (χ3v) is 11.5. The van der Waals surface area contributed by atoms with Gasteiger partial charge in [0.1, 0.15) is 17.2 Å². The van der Waals surface area contributed by atoms with Gasteiger partial charge in [0.15, 0.2) is 17.1 Å². The second-order valence-electron chi connectivity index (χ2n) is 16.2. The van der Waals surface area contributed by atoms with Crippen LogP contribution < -0.4 is 23.7 Å². The fourth-order valence-corrected chi connectivity index (χ4v) is 10.2. The molecule has 1 fully saturated rings. The molecule has 0 radical (unpaired) electrons. The summed E-state index contributed by atoms with van der Waals surface area (Å²) in [6, 6.07) is 29.1. The highest BCUT2D eigenvalue weighted by molar-refractivity contribution is 6.10. The largest absolute Gasteiger partial charge is 0.497 e. The minimum absolute atomic E-state index is 0.0396. The third-order valence-electron chi connectivity index (χ3n) is 11.5. The molecular weight excluding hydrogens is 647 g/mol. The molecule has 52 heavy (non-hydrogen) atoms. The number of rotatable bonds is 6. The standard InChI is InChI=1S/C46H45NO5/c1-43(2)25-44(3,4)27-45(26-43)37-21-28(24-47)9-18-33(37)40-35-22-38(50-7)39(51-8)23-36(35)42-34(41(40)45)19-20-46(52-42,29-10-14-31(48-5)15-11-29)30-12-16-32(49-6)17-13-30/h9-23H,25-27H2,1-8H3. The number of hydrogen-bond acceptors (Lipinski definition) is 6. The van der Waals surface area contributed by atoms with Gasteiger partial charge in [-0.2, -0.15) is 5.26 Å². The average Bonchev–Trinajstić information content (AvgIpc) is 3.40. The van der Waals surface area contributed by atoms with E-state index >= 15 is 0 Å². The minimum atomic E-state index is -0.975. The SMILES string of the molecule is COc1ccc(C2(c3ccc(OC)cc3)C=Cc3c4c(c5cc(OC)c(OC)cc5c3O2)-c2ccc(C#N)cc2C42CC(C)(C)CC(C)(C)C2)cc1. The number of nitriles is 1. The Hall–Kier alpha value is -5.41. The molecule has 6 heteroatoms. The van der Waals surface area contributed by atoms with Crippen molar-refractivity contribution in [2.45, 2.75) is 58.0 Å². The Kier molecular flexibility index (Phi) is 7.66. The summed E-state index contributed by atoms with van der Waals surface area (Å²) in [5, 5.41) is 12.1. The molecule has 1 aliphatic heterocycles. The van der Waals surface area contributed by atoms with Gasteiger partial charge in [-0.15, -0.1) is 0 Å². The molecule has 2 aliphatic carbocycles. The van der Waals surface area contributed by atoms with Crippen molar-refractivity contribution >= 4 is 16.8 Å².